The van der Waals surface area contributed by atoms with Gasteiger partial charge in [0.25, 0.3) is 6.43 Å². The quantitative estimate of drug-likeness (QED) is 0.594. The molecule has 5 rings (SSSR count). The molecule has 2 atom stereocenters. The van der Waals surface area contributed by atoms with E-state index in [0.717, 1.165) is 55.5 Å². The summed E-state index contributed by atoms with van der Waals surface area (Å²) in [5, 5.41) is 1.83. The molecule has 30 heavy (non-hydrogen) atoms. The van der Waals surface area contributed by atoms with E-state index in [1.807, 2.05) is 18.2 Å². The van der Waals surface area contributed by atoms with Gasteiger partial charge < -0.3 is 14.6 Å². The lowest BCUT2D eigenvalue weighted by molar-refractivity contribution is 0.0483. The first-order chi connectivity index (χ1) is 14.6. The van der Waals surface area contributed by atoms with Gasteiger partial charge in [0.05, 0.1) is 6.04 Å². The summed E-state index contributed by atoms with van der Waals surface area (Å²) in [4.78, 5) is 14.2. The van der Waals surface area contributed by atoms with Crippen molar-refractivity contribution in [1.29, 1.82) is 0 Å². The van der Waals surface area contributed by atoms with E-state index < -0.39 is 6.43 Å². The third-order valence-electron chi connectivity index (χ3n) is 6.17. The van der Waals surface area contributed by atoms with E-state index in [4.69, 9.17) is 16.3 Å². The van der Waals surface area contributed by atoms with Crippen LogP contribution in [-0.4, -0.2) is 34.7 Å². The maximum absolute atomic E-state index is 13.3. The van der Waals surface area contributed by atoms with Crippen molar-refractivity contribution >= 4 is 28.5 Å². The van der Waals surface area contributed by atoms with Gasteiger partial charge in [0.2, 0.25) is 5.95 Å². The molecule has 0 bridgehead atoms. The van der Waals surface area contributed by atoms with Crippen molar-refractivity contribution in [2.45, 2.75) is 38.2 Å². The van der Waals surface area contributed by atoms with Crippen molar-refractivity contribution in [3.05, 3.63) is 52.4 Å². The minimum atomic E-state index is -2.62. The lowest BCUT2D eigenvalue weighted by Gasteiger charge is -2.38. The van der Waals surface area contributed by atoms with Crippen molar-refractivity contribution in [3.8, 4) is 0 Å². The minimum absolute atomic E-state index is 0.0282. The largest absolute Gasteiger partial charge is 0.381 e. The number of H-pyrrole nitrogens is 1. The van der Waals surface area contributed by atoms with Crippen LogP contribution in [-0.2, 0) is 11.2 Å². The Kier molecular flexibility index (Phi) is 5.33. The third kappa shape index (κ3) is 3.65. The Hall–Kier alpha value is -2.25. The zero-order chi connectivity index (χ0) is 20.7. The van der Waals surface area contributed by atoms with E-state index >= 15 is 0 Å². The van der Waals surface area contributed by atoms with Crippen molar-refractivity contribution in [1.82, 2.24) is 15.0 Å². The molecule has 1 N–H and O–H groups in total. The Morgan fingerprint density at radius 1 is 1.30 bits per heavy atom. The lowest BCUT2D eigenvalue weighted by atomic mass is 9.88. The Bertz CT molecular complexity index is 1050. The number of anilines is 1. The average molecular weight is 433 g/mol. The monoisotopic (exact) mass is 432 g/mol. The molecule has 1 saturated heterocycles. The van der Waals surface area contributed by atoms with Gasteiger partial charge in [-0.25, -0.2) is 18.7 Å². The van der Waals surface area contributed by atoms with Gasteiger partial charge in [-0.1, -0.05) is 11.6 Å². The van der Waals surface area contributed by atoms with Crippen LogP contribution < -0.4 is 4.90 Å². The molecule has 0 spiro atoms. The number of nitrogens with zero attached hydrogens (tertiary/aromatic N) is 3. The predicted molar refractivity (Wildman–Crippen MR) is 112 cm³/mol. The summed E-state index contributed by atoms with van der Waals surface area (Å²) in [5.41, 5.74) is 3.15. The molecule has 0 unspecified atom stereocenters. The van der Waals surface area contributed by atoms with E-state index in [9.17, 15) is 8.78 Å². The van der Waals surface area contributed by atoms with Crippen LogP contribution in [0.4, 0.5) is 14.7 Å². The molecule has 0 saturated carbocycles. The summed E-state index contributed by atoms with van der Waals surface area (Å²) in [6, 6.07) is 7.12. The van der Waals surface area contributed by atoms with Crippen molar-refractivity contribution in [3.63, 3.8) is 0 Å². The molecular formula is C22H23ClF2N4O. The first-order valence-corrected chi connectivity index (χ1v) is 10.7. The third-order valence-corrected chi connectivity index (χ3v) is 6.40. The summed E-state index contributed by atoms with van der Waals surface area (Å²) in [7, 11) is 0. The number of ether oxygens (including phenoxy) is 1. The van der Waals surface area contributed by atoms with E-state index in [1.165, 1.54) is 17.8 Å². The topological polar surface area (TPSA) is 54.0 Å². The number of alkyl halides is 2. The molecular weight excluding hydrogens is 410 g/mol. The fourth-order valence-corrected chi connectivity index (χ4v) is 4.93. The molecule has 1 fully saturated rings. The summed E-state index contributed by atoms with van der Waals surface area (Å²) in [6.45, 7) is 2.20. The highest BCUT2D eigenvalue weighted by atomic mass is 35.5. The van der Waals surface area contributed by atoms with Crippen LogP contribution in [0.25, 0.3) is 10.9 Å². The van der Waals surface area contributed by atoms with Gasteiger partial charge in [0.15, 0.2) is 0 Å². The van der Waals surface area contributed by atoms with Gasteiger partial charge in [0, 0.05) is 47.6 Å². The molecule has 8 heteroatoms. The number of halogens is 3. The van der Waals surface area contributed by atoms with Gasteiger partial charge >= 0.3 is 0 Å². The molecule has 0 aliphatic carbocycles. The van der Waals surface area contributed by atoms with E-state index in [-0.39, 0.29) is 11.7 Å². The molecule has 1 aromatic carbocycles. The molecule has 5 nitrogen and oxygen atoms in total. The number of hydrogen-bond acceptors (Lipinski definition) is 4. The summed E-state index contributed by atoms with van der Waals surface area (Å²) >= 11 is 6.25. The second kappa shape index (κ2) is 8.12. The summed E-state index contributed by atoms with van der Waals surface area (Å²) in [6.07, 6.45) is 2.58. The van der Waals surface area contributed by atoms with Crippen LogP contribution in [0, 0.1) is 5.92 Å². The van der Waals surface area contributed by atoms with Crippen molar-refractivity contribution < 1.29 is 13.5 Å². The maximum atomic E-state index is 13.3. The molecule has 158 valence electrons. The van der Waals surface area contributed by atoms with Crippen LogP contribution in [0.5, 0.6) is 0 Å². The second-order valence-electron chi connectivity index (χ2n) is 8.07. The number of hydrogen-bond donors (Lipinski definition) is 1. The van der Waals surface area contributed by atoms with Gasteiger partial charge in [0.1, 0.15) is 5.69 Å². The minimum Gasteiger partial charge on any atom is -0.381 e. The Labute approximate surface area is 178 Å². The number of nitrogens with one attached hydrogen (secondary N) is 1. The summed E-state index contributed by atoms with van der Waals surface area (Å²) < 4.78 is 32.2. The van der Waals surface area contributed by atoms with Gasteiger partial charge in [-0.15, -0.1) is 0 Å². The first-order valence-electron chi connectivity index (χ1n) is 10.4. The fourth-order valence-electron chi connectivity index (χ4n) is 4.75. The molecule has 4 heterocycles. The smallest absolute Gasteiger partial charge is 0.280 e. The van der Waals surface area contributed by atoms with E-state index in [2.05, 4.69) is 19.9 Å². The molecule has 2 aliphatic rings. The predicted octanol–water partition coefficient (Wildman–Crippen LogP) is 5.47. The average Bonchev–Trinajstić information content (AvgIpc) is 3.13. The van der Waals surface area contributed by atoms with Crippen molar-refractivity contribution in [2.24, 2.45) is 5.92 Å². The van der Waals surface area contributed by atoms with Gasteiger partial charge in [-0.2, -0.15) is 0 Å². The number of aromatic nitrogens is 3. The highest BCUT2D eigenvalue weighted by molar-refractivity contribution is 6.31. The normalized spacial score (nSPS) is 21.9. The molecule has 0 radical (unpaired) electrons. The standard InChI is InChI=1S/C22H23ClF2N4O/c23-14-3-4-17-16(11-14)15-6-8-29(22-26-7-5-18(28-22)21(24)25)19(20(15)27-17)10-13-2-1-9-30-12-13/h3-5,7,11,13,19,21,27H,1-2,6,8-10,12H2/t13-,19+/m1/s1. The summed E-state index contributed by atoms with van der Waals surface area (Å²) in [5.74, 6) is 0.766. The zero-order valence-corrected chi connectivity index (χ0v) is 17.2. The Balaban J connectivity index is 1.57. The Morgan fingerprint density at radius 3 is 3.00 bits per heavy atom. The highest BCUT2D eigenvalue weighted by Gasteiger charge is 2.34. The number of fused-ring (bicyclic) bond motifs is 3. The molecule has 2 aliphatic heterocycles. The second-order valence-corrected chi connectivity index (χ2v) is 8.50. The van der Waals surface area contributed by atoms with E-state index in [0.29, 0.717) is 23.4 Å². The maximum Gasteiger partial charge on any atom is 0.280 e. The number of benzene rings is 1. The molecule has 0 amide bonds. The molecule has 2 aromatic heterocycles. The van der Waals surface area contributed by atoms with Crippen LogP contribution in [0.2, 0.25) is 5.02 Å². The van der Waals surface area contributed by atoms with Crippen LogP contribution in [0.1, 0.15) is 48.7 Å². The first kappa shape index (κ1) is 19.7. The van der Waals surface area contributed by atoms with Crippen LogP contribution >= 0.6 is 11.6 Å². The SMILES string of the molecule is FC(F)c1ccnc(N2CCc3c([nH]c4ccc(Cl)cc34)[C@@H]2C[C@H]2CCCOC2)n1. The van der Waals surface area contributed by atoms with E-state index in [1.54, 1.807) is 0 Å². The van der Waals surface area contributed by atoms with Crippen LogP contribution in [0.3, 0.4) is 0 Å². The van der Waals surface area contributed by atoms with Gasteiger partial charge in [-0.05, 0) is 61.4 Å². The molecule has 3 aromatic rings. The van der Waals surface area contributed by atoms with Gasteiger partial charge in [-0.3, -0.25) is 0 Å². The number of rotatable bonds is 4. The Morgan fingerprint density at radius 2 is 2.20 bits per heavy atom. The highest BCUT2D eigenvalue weighted by Crippen LogP contribution is 2.41. The fraction of sp³-hybridized carbons (Fsp3) is 0.455. The van der Waals surface area contributed by atoms with Crippen LogP contribution in [0.15, 0.2) is 30.5 Å². The zero-order valence-electron chi connectivity index (χ0n) is 16.5. The van der Waals surface area contributed by atoms with Crippen molar-refractivity contribution in [2.75, 3.05) is 24.7 Å². The lowest BCUT2D eigenvalue weighted by Crippen LogP contribution is -2.38. The number of aromatic amines is 1.